The molecule has 0 bridgehead atoms. The van der Waals surface area contributed by atoms with E-state index in [0.29, 0.717) is 6.54 Å². The Labute approximate surface area is 178 Å². The fourth-order valence-electron chi connectivity index (χ4n) is 2.55. The lowest BCUT2D eigenvalue weighted by Gasteiger charge is -2.29. The van der Waals surface area contributed by atoms with Crippen LogP contribution in [-0.4, -0.2) is 26.4 Å². The van der Waals surface area contributed by atoms with Gasteiger partial charge in [0.15, 0.2) is 0 Å². The van der Waals surface area contributed by atoms with Crippen molar-refractivity contribution in [1.29, 1.82) is 0 Å². The Morgan fingerprint density at radius 2 is 1.38 bits per heavy atom. The normalized spacial score (nSPS) is 12.8. The monoisotopic (exact) mass is 419 g/mol. The van der Waals surface area contributed by atoms with E-state index in [9.17, 15) is 9.59 Å². The summed E-state index contributed by atoms with van der Waals surface area (Å²) in [4.78, 5) is 25.4. The van der Waals surface area contributed by atoms with Crippen molar-refractivity contribution in [2.45, 2.75) is 79.9 Å². The summed E-state index contributed by atoms with van der Waals surface area (Å²) < 4.78 is 0. The molecule has 0 fully saturated rings. The number of amides is 2. The first-order chi connectivity index (χ1) is 13.1. The minimum absolute atomic E-state index is 0.0989. The van der Waals surface area contributed by atoms with Gasteiger partial charge in [0.1, 0.15) is 6.17 Å². The van der Waals surface area contributed by atoms with Crippen molar-refractivity contribution in [1.82, 2.24) is 16.0 Å². The molecule has 0 aliphatic heterocycles. The summed E-state index contributed by atoms with van der Waals surface area (Å²) in [6.07, 6.45) is -0.566. The van der Waals surface area contributed by atoms with Gasteiger partial charge in [0, 0.05) is 25.4 Å². The van der Waals surface area contributed by atoms with Crippen LogP contribution in [0.4, 0.5) is 0 Å². The molecule has 0 aliphatic carbocycles. The summed E-state index contributed by atoms with van der Waals surface area (Å²) in [5.74, 6) is -0.198. The van der Waals surface area contributed by atoms with Crippen LogP contribution in [0.2, 0.25) is 25.7 Å². The molecule has 2 amide bonds. The van der Waals surface area contributed by atoms with Crippen LogP contribution in [-0.2, 0) is 16.1 Å². The third-order valence-corrected chi connectivity index (χ3v) is 6.40. The second kappa shape index (κ2) is 9.89. The Bertz CT molecular complexity index is 669. The number of carbonyl (C=O) groups is 2. The van der Waals surface area contributed by atoms with Crippen LogP contribution in [0.25, 0.3) is 0 Å². The summed E-state index contributed by atoms with van der Waals surface area (Å²) in [6, 6.07) is 9.18. The highest BCUT2D eigenvalue weighted by Crippen LogP contribution is 2.22. The average molecular weight is 420 g/mol. The fourth-order valence-corrected chi connectivity index (χ4v) is 3.48. The van der Waals surface area contributed by atoms with Crippen LogP contribution in [0.3, 0.4) is 0 Å². The van der Waals surface area contributed by atoms with Gasteiger partial charge in [-0.3, -0.25) is 9.59 Å². The number of nitrogens with one attached hydrogen (secondary N) is 3. The molecule has 1 aromatic carbocycles. The fraction of sp³-hybridized carbons (Fsp3) is 0.652. The molecule has 0 unspecified atom stereocenters. The molecule has 5 nitrogen and oxygen atoms in total. The lowest BCUT2D eigenvalue weighted by atomic mass is 9.93. The van der Waals surface area contributed by atoms with E-state index < -0.39 is 25.1 Å². The van der Waals surface area contributed by atoms with Gasteiger partial charge in [-0.05, 0) is 23.7 Å². The van der Waals surface area contributed by atoms with E-state index >= 15 is 0 Å². The predicted molar refractivity (Wildman–Crippen MR) is 124 cm³/mol. The van der Waals surface area contributed by atoms with E-state index in [-0.39, 0.29) is 11.8 Å². The van der Waals surface area contributed by atoms with Crippen molar-refractivity contribution in [2.24, 2.45) is 10.8 Å². The zero-order chi connectivity index (χ0) is 22.5. The second-order valence-electron chi connectivity index (χ2n) is 11.1. The largest absolute Gasteiger partial charge is 0.332 e. The molecule has 164 valence electrons. The molecular weight excluding hydrogens is 378 g/mol. The van der Waals surface area contributed by atoms with Crippen LogP contribution in [0.5, 0.6) is 0 Å². The third kappa shape index (κ3) is 9.13. The Morgan fingerprint density at radius 3 is 1.83 bits per heavy atom. The zero-order valence-electron chi connectivity index (χ0n) is 19.8. The van der Waals surface area contributed by atoms with Crippen molar-refractivity contribution in [3.05, 3.63) is 35.4 Å². The van der Waals surface area contributed by atoms with Gasteiger partial charge in [-0.15, -0.1) is 0 Å². The van der Waals surface area contributed by atoms with Crippen LogP contribution in [0.15, 0.2) is 24.3 Å². The van der Waals surface area contributed by atoms with Gasteiger partial charge in [0.05, 0.1) is 0 Å². The van der Waals surface area contributed by atoms with Crippen LogP contribution < -0.4 is 16.0 Å². The molecule has 0 aromatic heterocycles. The maximum atomic E-state index is 12.7. The van der Waals surface area contributed by atoms with Crippen LogP contribution in [0.1, 0.15) is 58.8 Å². The van der Waals surface area contributed by atoms with Crippen molar-refractivity contribution in [2.75, 3.05) is 6.54 Å². The first-order valence-electron chi connectivity index (χ1n) is 10.5. The van der Waals surface area contributed by atoms with Crippen molar-refractivity contribution < 1.29 is 9.59 Å². The number of hydrogen-bond acceptors (Lipinski definition) is 3. The first-order valence-corrected chi connectivity index (χ1v) is 14.2. The van der Waals surface area contributed by atoms with Gasteiger partial charge in [0.25, 0.3) is 0 Å². The molecule has 29 heavy (non-hydrogen) atoms. The molecule has 3 N–H and O–H groups in total. The maximum Gasteiger partial charge on any atom is 0.227 e. The lowest BCUT2D eigenvalue weighted by Crippen LogP contribution is -2.48. The number of benzene rings is 1. The maximum absolute atomic E-state index is 12.7. The van der Waals surface area contributed by atoms with Gasteiger partial charge in [-0.2, -0.15) is 0 Å². The summed E-state index contributed by atoms with van der Waals surface area (Å²) in [6.45, 7) is 20.0. The highest BCUT2D eigenvalue weighted by Gasteiger charge is 2.29. The quantitative estimate of drug-likeness (QED) is 0.331. The molecule has 0 saturated heterocycles. The topological polar surface area (TPSA) is 70.2 Å². The van der Waals surface area contributed by atoms with E-state index in [2.05, 4.69) is 41.7 Å². The van der Waals surface area contributed by atoms with E-state index in [0.717, 1.165) is 17.7 Å². The Kier molecular flexibility index (Phi) is 8.66. The molecule has 0 heterocycles. The molecule has 0 radical (unpaired) electrons. The minimum atomic E-state index is -1.09. The molecule has 6 heteroatoms. The highest BCUT2D eigenvalue weighted by molar-refractivity contribution is 6.76. The predicted octanol–water partition coefficient (Wildman–Crippen LogP) is 4.44. The van der Waals surface area contributed by atoms with Crippen molar-refractivity contribution in [3.63, 3.8) is 0 Å². The molecule has 0 aliphatic rings. The highest BCUT2D eigenvalue weighted by atomic mass is 28.3. The van der Waals surface area contributed by atoms with Crippen molar-refractivity contribution >= 4 is 19.9 Å². The van der Waals surface area contributed by atoms with Gasteiger partial charge in [-0.25, -0.2) is 0 Å². The molecular formula is C23H41N3O2Si. The van der Waals surface area contributed by atoms with E-state index in [4.69, 9.17) is 0 Å². The molecule has 0 atom stereocenters. The second-order valence-corrected chi connectivity index (χ2v) is 16.7. The number of carbonyl (C=O) groups excluding carboxylic acids is 2. The first kappa shape index (κ1) is 25.4. The summed E-state index contributed by atoms with van der Waals surface area (Å²) in [5, 5.41) is 9.61. The minimum Gasteiger partial charge on any atom is -0.332 e. The molecule has 1 rings (SSSR count). The van der Waals surface area contributed by atoms with Crippen LogP contribution in [0, 0.1) is 10.8 Å². The van der Waals surface area contributed by atoms with Gasteiger partial charge in [-0.1, -0.05) is 85.4 Å². The average Bonchev–Trinajstić information content (AvgIpc) is 2.55. The van der Waals surface area contributed by atoms with E-state index in [1.54, 1.807) is 0 Å². The number of hydrogen-bond donors (Lipinski definition) is 3. The number of rotatable bonds is 8. The Hall–Kier alpha value is -1.66. The van der Waals surface area contributed by atoms with Crippen molar-refractivity contribution in [3.8, 4) is 0 Å². The summed E-state index contributed by atoms with van der Waals surface area (Å²) >= 11 is 0. The SMILES string of the molecule is CC(C)(C)C(=O)NC(NC(=O)C(C)(C)C)c1ccccc1CNCC[Si](C)(C)C. The van der Waals surface area contributed by atoms with Gasteiger partial charge < -0.3 is 16.0 Å². The Morgan fingerprint density at radius 1 is 0.897 bits per heavy atom. The molecule has 1 aromatic rings. The third-order valence-electron chi connectivity index (χ3n) is 4.65. The zero-order valence-corrected chi connectivity index (χ0v) is 20.8. The van der Waals surface area contributed by atoms with E-state index in [1.165, 1.54) is 6.04 Å². The summed E-state index contributed by atoms with van der Waals surface area (Å²) in [5.41, 5.74) is 0.907. The molecule has 0 spiro atoms. The lowest BCUT2D eigenvalue weighted by molar-refractivity contribution is -0.132. The summed E-state index contributed by atoms with van der Waals surface area (Å²) in [7, 11) is -1.09. The van der Waals surface area contributed by atoms with Gasteiger partial charge in [0.2, 0.25) is 11.8 Å². The Balaban J connectivity index is 3.08. The molecule has 0 saturated carbocycles. The van der Waals surface area contributed by atoms with Crippen LogP contribution >= 0.6 is 0 Å². The van der Waals surface area contributed by atoms with E-state index in [1.807, 2.05) is 59.7 Å². The standard InChI is InChI=1S/C23H41N3O2Si/c1-22(2,3)20(27)25-19(26-21(28)23(4,5)6)18-13-11-10-12-17(18)16-24-14-15-29(7,8)9/h10-13,19,24H,14-16H2,1-9H3,(H,25,27)(H,26,28). The smallest absolute Gasteiger partial charge is 0.227 e. The van der Waals surface area contributed by atoms with Gasteiger partial charge >= 0.3 is 0 Å².